The second kappa shape index (κ2) is 4.36. The molecule has 90 valence electrons. The molecule has 2 aromatic heterocycles. The van der Waals surface area contributed by atoms with E-state index < -0.39 is 0 Å². The van der Waals surface area contributed by atoms with Gasteiger partial charge in [0.25, 0.3) is 0 Å². The van der Waals surface area contributed by atoms with Crippen LogP contribution in [0.25, 0.3) is 0 Å². The van der Waals surface area contributed by atoms with E-state index in [4.69, 9.17) is 0 Å². The summed E-state index contributed by atoms with van der Waals surface area (Å²) in [7, 11) is 1.67. The fraction of sp³-hybridized carbons (Fsp3) is 0.400. The Kier molecular flexibility index (Phi) is 2.90. The predicted octanol–water partition coefficient (Wildman–Crippen LogP) is 0.127. The zero-order valence-electron chi connectivity index (χ0n) is 9.98. The molecule has 7 nitrogen and oxygen atoms in total. The molecule has 0 aliphatic heterocycles. The van der Waals surface area contributed by atoms with Crippen molar-refractivity contribution in [3.8, 4) is 0 Å². The van der Waals surface area contributed by atoms with E-state index in [1.165, 1.54) is 4.57 Å². The van der Waals surface area contributed by atoms with Gasteiger partial charge in [0.05, 0.1) is 6.54 Å². The van der Waals surface area contributed by atoms with Crippen LogP contribution in [0.4, 0.5) is 5.82 Å². The van der Waals surface area contributed by atoms with E-state index in [0.717, 1.165) is 11.5 Å². The van der Waals surface area contributed by atoms with Crippen LogP contribution in [0, 0.1) is 13.8 Å². The Morgan fingerprint density at radius 3 is 2.76 bits per heavy atom. The summed E-state index contributed by atoms with van der Waals surface area (Å²) in [5, 5.41) is 9.38. The molecule has 0 saturated heterocycles. The first-order valence-electron chi connectivity index (χ1n) is 5.22. The maximum atomic E-state index is 11.2. The molecule has 0 spiro atoms. The van der Waals surface area contributed by atoms with E-state index in [1.54, 1.807) is 7.05 Å². The van der Waals surface area contributed by atoms with Gasteiger partial charge < -0.3 is 5.32 Å². The first-order chi connectivity index (χ1) is 8.06. The normalized spacial score (nSPS) is 10.5. The summed E-state index contributed by atoms with van der Waals surface area (Å²) in [6, 6.07) is 1.85. The lowest BCUT2D eigenvalue weighted by molar-refractivity contribution is 0.787. The molecule has 2 heterocycles. The molecule has 2 N–H and O–H groups in total. The molecule has 0 aromatic carbocycles. The van der Waals surface area contributed by atoms with Gasteiger partial charge in [0.1, 0.15) is 11.6 Å². The van der Waals surface area contributed by atoms with Crippen molar-refractivity contribution in [2.24, 2.45) is 7.05 Å². The molecule has 2 aromatic rings. The lowest BCUT2D eigenvalue weighted by atomic mass is 10.4. The summed E-state index contributed by atoms with van der Waals surface area (Å²) in [4.78, 5) is 19.6. The van der Waals surface area contributed by atoms with E-state index in [9.17, 15) is 4.79 Å². The van der Waals surface area contributed by atoms with Crippen LogP contribution in [0.3, 0.4) is 0 Å². The standard InChI is InChI=1S/C10H14N6O/c1-6-4-8(13-7(2)12-6)11-5-9-14-15-10(17)16(9)3/h4H,5H2,1-3H3,(H,15,17)(H,11,12,13). The number of hydrogen-bond donors (Lipinski definition) is 2. The smallest absolute Gasteiger partial charge is 0.343 e. The Morgan fingerprint density at radius 1 is 1.41 bits per heavy atom. The molecule has 0 aliphatic carbocycles. The maximum Gasteiger partial charge on any atom is 0.343 e. The molecule has 7 heteroatoms. The van der Waals surface area contributed by atoms with E-state index >= 15 is 0 Å². The highest BCUT2D eigenvalue weighted by molar-refractivity contribution is 5.35. The zero-order valence-corrected chi connectivity index (χ0v) is 9.98. The van der Waals surface area contributed by atoms with E-state index in [0.29, 0.717) is 18.2 Å². The van der Waals surface area contributed by atoms with Crippen molar-refractivity contribution in [2.45, 2.75) is 20.4 Å². The molecule has 0 unspecified atom stereocenters. The van der Waals surface area contributed by atoms with Gasteiger partial charge in [-0.15, -0.1) is 0 Å². The first-order valence-corrected chi connectivity index (χ1v) is 5.22. The Morgan fingerprint density at radius 2 is 2.18 bits per heavy atom. The van der Waals surface area contributed by atoms with Gasteiger partial charge >= 0.3 is 5.69 Å². The first kappa shape index (κ1) is 11.3. The molecule has 0 atom stereocenters. The van der Waals surface area contributed by atoms with Gasteiger partial charge in [0.15, 0.2) is 5.82 Å². The second-order valence-corrected chi connectivity index (χ2v) is 3.80. The molecule has 0 bridgehead atoms. The van der Waals surface area contributed by atoms with Crippen LogP contribution in [-0.2, 0) is 13.6 Å². The van der Waals surface area contributed by atoms with E-state index in [2.05, 4.69) is 25.5 Å². The van der Waals surface area contributed by atoms with Crippen molar-refractivity contribution >= 4 is 5.82 Å². The number of nitrogens with zero attached hydrogens (tertiary/aromatic N) is 4. The minimum Gasteiger partial charge on any atom is -0.363 e. The van der Waals surface area contributed by atoms with Crippen LogP contribution in [-0.4, -0.2) is 24.7 Å². The molecular weight excluding hydrogens is 220 g/mol. The number of aromatic nitrogens is 5. The summed E-state index contributed by atoms with van der Waals surface area (Å²) >= 11 is 0. The second-order valence-electron chi connectivity index (χ2n) is 3.80. The monoisotopic (exact) mass is 234 g/mol. The van der Waals surface area contributed by atoms with Gasteiger partial charge in [-0.25, -0.2) is 19.9 Å². The molecular formula is C10H14N6O. The van der Waals surface area contributed by atoms with Crippen LogP contribution < -0.4 is 11.0 Å². The lowest BCUT2D eigenvalue weighted by Gasteiger charge is -2.06. The number of aryl methyl sites for hydroxylation is 2. The van der Waals surface area contributed by atoms with Crippen LogP contribution in [0.2, 0.25) is 0 Å². The largest absolute Gasteiger partial charge is 0.363 e. The van der Waals surface area contributed by atoms with Crippen LogP contribution >= 0.6 is 0 Å². The average Bonchev–Trinajstić information content (AvgIpc) is 2.56. The molecule has 0 amide bonds. The van der Waals surface area contributed by atoms with Gasteiger partial charge in [-0.1, -0.05) is 0 Å². The minimum absolute atomic E-state index is 0.225. The minimum atomic E-state index is -0.225. The molecule has 0 fully saturated rings. The molecule has 17 heavy (non-hydrogen) atoms. The summed E-state index contributed by atoms with van der Waals surface area (Å²) < 4.78 is 1.45. The zero-order chi connectivity index (χ0) is 12.4. The fourth-order valence-corrected chi connectivity index (χ4v) is 1.51. The Labute approximate surface area is 97.9 Å². The Bertz CT molecular complexity index is 564. The number of hydrogen-bond acceptors (Lipinski definition) is 5. The highest BCUT2D eigenvalue weighted by Crippen LogP contribution is 2.06. The van der Waals surface area contributed by atoms with Crippen molar-refractivity contribution < 1.29 is 0 Å². The number of rotatable bonds is 3. The average molecular weight is 234 g/mol. The van der Waals surface area contributed by atoms with Gasteiger partial charge in [-0.3, -0.25) is 4.57 Å². The van der Waals surface area contributed by atoms with Crippen molar-refractivity contribution in [3.05, 3.63) is 33.9 Å². The summed E-state index contributed by atoms with van der Waals surface area (Å²) in [5.41, 5.74) is 0.674. The Balaban J connectivity index is 2.12. The van der Waals surface area contributed by atoms with E-state index in [-0.39, 0.29) is 5.69 Å². The van der Waals surface area contributed by atoms with Crippen molar-refractivity contribution in [3.63, 3.8) is 0 Å². The third kappa shape index (κ3) is 2.49. The fourth-order valence-electron chi connectivity index (χ4n) is 1.51. The Hall–Kier alpha value is -2.18. The predicted molar refractivity (Wildman–Crippen MR) is 62.7 cm³/mol. The SMILES string of the molecule is Cc1cc(NCc2n[nH]c(=O)n2C)nc(C)n1. The third-order valence-electron chi connectivity index (χ3n) is 2.37. The van der Waals surface area contributed by atoms with Crippen LogP contribution in [0.5, 0.6) is 0 Å². The third-order valence-corrected chi connectivity index (χ3v) is 2.37. The van der Waals surface area contributed by atoms with Crippen molar-refractivity contribution in [1.29, 1.82) is 0 Å². The van der Waals surface area contributed by atoms with Gasteiger partial charge in [0, 0.05) is 18.8 Å². The van der Waals surface area contributed by atoms with Gasteiger partial charge in [-0.05, 0) is 13.8 Å². The number of H-pyrrole nitrogens is 1. The quantitative estimate of drug-likeness (QED) is 0.788. The molecule has 0 radical (unpaired) electrons. The number of anilines is 1. The molecule has 0 saturated carbocycles. The van der Waals surface area contributed by atoms with Crippen LogP contribution in [0.15, 0.2) is 10.9 Å². The lowest BCUT2D eigenvalue weighted by Crippen LogP contribution is -2.16. The summed E-state index contributed by atoms with van der Waals surface area (Å²) in [6.07, 6.45) is 0. The van der Waals surface area contributed by atoms with Crippen LogP contribution in [0.1, 0.15) is 17.3 Å². The summed E-state index contributed by atoms with van der Waals surface area (Å²) in [5.74, 6) is 2.07. The number of nitrogens with one attached hydrogen (secondary N) is 2. The summed E-state index contributed by atoms with van der Waals surface area (Å²) in [6.45, 7) is 4.18. The highest BCUT2D eigenvalue weighted by atomic mass is 16.1. The van der Waals surface area contributed by atoms with Gasteiger partial charge in [-0.2, -0.15) is 5.10 Å². The maximum absolute atomic E-state index is 11.2. The highest BCUT2D eigenvalue weighted by Gasteiger charge is 2.04. The topological polar surface area (TPSA) is 88.5 Å². The molecule has 0 aliphatic rings. The van der Waals surface area contributed by atoms with Gasteiger partial charge in [0.2, 0.25) is 0 Å². The van der Waals surface area contributed by atoms with E-state index in [1.807, 2.05) is 19.9 Å². The molecule has 2 rings (SSSR count). The van der Waals surface area contributed by atoms with Crippen molar-refractivity contribution in [1.82, 2.24) is 24.7 Å². The number of aromatic amines is 1. The van der Waals surface area contributed by atoms with Crippen molar-refractivity contribution in [2.75, 3.05) is 5.32 Å².